The van der Waals surface area contributed by atoms with Crippen molar-refractivity contribution in [1.29, 1.82) is 5.26 Å². The number of benzene rings is 2. The first-order valence-corrected chi connectivity index (χ1v) is 7.19. The summed E-state index contributed by atoms with van der Waals surface area (Å²) in [7, 11) is 1.28. The number of nitriles is 1. The Kier molecular flexibility index (Phi) is 5.85. The van der Waals surface area contributed by atoms with Gasteiger partial charge in [-0.25, -0.2) is 9.59 Å². The molecule has 0 heterocycles. The van der Waals surface area contributed by atoms with E-state index in [1.807, 2.05) is 6.07 Å². The molecule has 2 aromatic carbocycles. The van der Waals surface area contributed by atoms with Gasteiger partial charge in [0.05, 0.1) is 29.9 Å². The minimum atomic E-state index is -0.701. The fraction of sp³-hybridized carbons (Fsp3) is 0.111. The number of rotatable bonds is 5. The van der Waals surface area contributed by atoms with Gasteiger partial charge in [-0.1, -0.05) is 6.07 Å². The third-order valence-electron chi connectivity index (χ3n) is 3.15. The van der Waals surface area contributed by atoms with Crippen LogP contribution in [0, 0.1) is 11.3 Å². The zero-order valence-corrected chi connectivity index (χ0v) is 13.3. The number of amides is 1. The summed E-state index contributed by atoms with van der Waals surface area (Å²) in [5.74, 6) is -1.71. The Morgan fingerprint density at radius 1 is 1.04 bits per heavy atom. The van der Waals surface area contributed by atoms with Crippen molar-refractivity contribution in [3.63, 3.8) is 0 Å². The SMILES string of the molecule is COC(=O)c1ccc(NC(=O)COC(=O)c2cccc(C#N)c2)cc1. The van der Waals surface area contributed by atoms with Crippen molar-refractivity contribution in [2.45, 2.75) is 0 Å². The average molecular weight is 338 g/mol. The number of carbonyl (C=O) groups is 3. The first-order chi connectivity index (χ1) is 12.0. The highest BCUT2D eigenvalue weighted by Crippen LogP contribution is 2.11. The number of hydrogen-bond acceptors (Lipinski definition) is 6. The third kappa shape index (κ3) is 4.91. The molecule has 7 heteroatoms. The number of nitrogens with one attached hydrogen (secondary N) is 1. The van der Waals surface area contributed by atoms with Gasteiger partial charge in [-0.2, -0.15) is 5.26 Å². The monoisotopic (exact) mass is 338 g/mol. The molecule has 0 bridgehead atoms. The summed E-state index contributed by atoms with van der Waals surface area (Å²) in [5, 5.41) is 11.3. The lowest BCUT2D eigenvalue weighted by atomic mass is 10.1. The Morgan fingerprint density at radius 3 is 2.40 bits per heavy atom. The molecule has 1 N–H and O–H groups in total. The maximum Gasteiger partial charge on any atom is 0.338 e. The first-order valence-electron chi connectivity index (χ1n) is 7.19. The van der Waals surface area contributed by atoms with Crippen LogP contribution < -0.4 is 5.32 Å². The Bertz CT molecular complexity index is 837. The number of ether oxygens (including phenoxy) is 2. The van der Waals surface area contributed by atoms with Crippen LogP contribution in [0.25, 0.3) is 0 Å². The van der Waals surface area contributed by atoms with Crippen molar-refractivity contribution in [3.8, 4) is 6.07 Å². The van der Waals surface area contributed by atoms with E-state index in [1.54, 1.807) is 12.1 Å². The normalized spacial score (nSPS) is 9.60. The first kappa shape index (κ1) is 17.7. The highest BCUT2D eigenvalue weighted by Gasteiger charge is 2.11. The van der Waals surface area contributed by atoms with Crippen molar-refractivity contribution in [2.75, 3.05) is 19.0 Å². The molecule has 2 rings (SSSR count). The highest BCUT2D eigenvalue weighted by molar-refractivity contribution is 5.96. The molecule has 0 aliphatic carbocycles. The standard InChI is InChI=1S/C18H14N2O5/c1-24-17(22)13-5-7-15(8-6-13)20-16(21)11-25-18(23)14-4-2-3-12(9-14)10-19/h2-9H,11H2,1H3,(H,20,21). The molecule has 0 radical (unpaired) electrons. The van der Waals surface area contributed by atoms with Gasteiger partial charge in [0.25, 0.3) is 5.91 Å². The van der Waals surface area contributed by atoms with Gasteiger partial charge in [-0.15, -0.1) is 0 Å². The van der Waals surface area contributed by atoms with E-state index in [2.05, 4.69) is 10.1 Å². The van der Waals surface area contributed by atoms with Gasteiger partial charge in [0, 0.05) is 5.69 Å². The van der Waals surface area contributed by atoms with Crippen LogP contribution in [0.5, 0.6) is 0 Å². The molecule has 1 amide bonds. The molecule has 0 spiro atoms. The summed E-state index contributed by atoms with van der Waals surface area (Å²) in [6.45, 7) is -0.478. The number of anilines is 1. The summed E-state index contributed by atoms with van der Waals surface area (Å²) in [6, 6.07) is 14.0. The molecule has 2 aromatic rings. The molecule has 25 heavy (non-hydrogen) atoms. The van der Waals surface area contributed by atoms with Crippen molar-refractivity contribution in [3.05, 3.63) is 65.2 Å². The average Bonchev–Trinajstić information content (AvgIpc) is 2.66. The summed E-state index contributed by atoms with van der Waals surface area (Å²) in [5.41, 5.74) is 1.31. The lowest BCUT2D eigenvalue weighted by Gasteiger charge is -2.07. The van der Waals surface area contributed by atoms with E-state index in [4.69, 9.17) is 10.00 Å². The quantitative estimate of drug-likeness (QED) is 0.837. The van der Waals surface area contributed by atoms with Crippen molar-refractivity contribution in [2.24, 2.45) is 0 Å². The van der Waals surface area contributed by atoms with Gasteiger partial charge in [0.15, 0.2) is 6.61 Å². The maximum absolute atomic E-state index is 11.9. The molecule has 126 valence electrons. The van der Waals surface area contributed by atoms with E-state index in [9.17, 15) is 14.4 Å². The number of esters is 2. The van der Waals surface area contributed by atoms with Crippen LogP contribution >= 0.6 is 0 Å². The largest absolute Gasteiger partial charge is 0.465 e. The van der Waals surface area contributed by atoms with Gasteiger partial charge >= 0.3 is 11.9 Å². The van der Waals surface area contributed by atoms with Crippen LogP contribution in [0.4, 0.5) is 5.69 Å². The Hall–Kier alpha value is -3.66. The summed E-state index contributed by atoms with van der Waals surface area (Å²) < 4.78 is 9.48. The van der Waals surface area contributed by atoms with Gasteiger partial charge in [-0.3, -0.25) is 4.79 Å². The zero-order chi connectivity index (χ0) is 18.2. The van der Waals surface area contributed by atoms with E-state index in [0.717, 1.165) is 0 Å². The molecule has 0 fully saturated rings. The second kappa shape index (κ2) is 8.26. The maximum atomic E-state index is 11.9. The molecule has 0 atom stereocenters. The van der Waals surface area contributed by atoms with Gasteiger partial charge in [-0.05, 0) is 42.5 Å². The molecule has 0 aliphatic heterocycles. The van der Waals surface area contributed by atoms with Crippen molar-refractivity contribution in [1.82, 2.24) is 0 Å². The number of nitrogens with zero attached hydrogens (tertiary/aromatic N) is 1. The molecular formula is C18H14N2O5. The van der Waals surface area contributed by atoms with Crippen molar-refractivity contribution < 1.29 is 23.9 Å². The van der Waals surface area contributed by atoms with Gasteiger partial charge < -0.3 is 14.8 Å². The third-order valence-corrected chi connectivity index (χ3v) is 3.15. The van der Waals surface area contributed by atoms with Crippen LogP contribution in [0.1, 0.15) is 26.3 Å². The molecule has 0 saturated carbocycles. The predicted molar refractivity (Wildman–Crippen MR) is 87.9 cm³/mol. The summed E-state index contributed by atoms with van der Waals surface area (Å²) in [6.07, 6.45) is 0. The summed E-state index contributed by atoms with van der Waals surface area (Å²) >= 11 is 0. The number of carbonyl (C=O) groups excluding carboxylic acids is 3. The molecule has 7 nitrogen and oxygen atoms in total. The summed E-state index contributed by atoms with van der Waals surface area (Å²) in [4.78, 5) is 35.0. The van der Waals surface area contributed by atoms with E-state index in [0.29, 0.717) is 16.8 Å². The topological polar surface area (TPSA) is 105 Å². The minimum Gasteiger partial charge on any atom is -0.465 e. The van der Waals surface area contributed by atoms with E-state index >= 15 is 0 Å². The molecule has 0 aliphatic rings. The highest BCUT2D eigenvalue weighted by atomic mass is 16.5. The van der Waals surface area contributed by atoms with Crippen LogP contribution in [-0.4, -0.2) is 31.6 Å². The number of methoxy groups -OCH3 is 1. The minimum absolute atomic E-state index is 0.189. The second-order valence-electron chi connectivity index (χ2n) is 4.89. The molecule has 0 saturated heterocycles. The fourth-order valence-electron chi connectivity index (χ4n) is 1.93. The van der Waals surface area contributed by atoms with Crippen LogP contribution in [0.3, 0.4) is 0 Å². The Labute approximate surface area is 143 Å². The van der Waals surface area contributed by atoms with E-state index < -0.39 is 24.5 Å². The molecule has 0 aromatic heterocycles. The van der Waals surface area contributed by atoms with Crippen LogP contribution in [0.15, 0.2) is 48.5 Å². The van der Waals surface area contributed by atoms with E-state index in [1.165, 1.54) is 43.5 Å². The lowest BCUT2D eigenvalue weighted by molar-refractivity contribution is -0.119. The van der Waals surface area contributed by atoms with Crippen LogP contribution in [0.2, 0.25) is 0 Å². The fourth-order valence-corrected chi connectivity index (χ4v) is 1.93. The van der Waals surface area contributed by atoms with E-state index in [-0.39, 0.29) is 5.56 Å². The smallest absolute Gasteiger partial charge is 0.338 e. The second-order valence-corrected chi connectivity index (χ2v) is 4.89. The zero-order valence-electron chi connectivity index (χ0n) is 13.3. The number of hydrogen-bond donors (Lipinski definition) is 1. The predicted octanol–water partition coefficient (Wildman–Crippen LogP) is 2.14. The molecule has 0 unspecified atom stereocenters. The van der Waals surface area contributed by atoms with Gasteiger partial charge in [0.2, 0.25) is 0 Å². The van der Waals surface area contributed by atoms with Crippen LogP contribution in [-0.2, 0) is 14.3 Å². The Morgan fingerprint density at radius 2 is 1.76 bits per heavy atom. The van der Waals surface area contributed by atoms with Crippen molar-refractivity contribution >= 4 is 23.5 Å². The lowest BCUT2D eigenvalue weighted by Crippen LogP contribution is -2.21. The van der Waals surface area contributed by atoms with Gasteiger partial charge in [0.1, 0.15) is 0 Å². The Balaban J connectivity index is 1.89. The molecular weight excluding hydrogens is 324 g/mol.